The van der Waals surface area contributed by atoms with E-state index in [9.17, 15) is 14.4 Å². The molecule has 1 N–H and O–H groups in total. The summed E-state index contributed by atoms with van der Waals surface area (Å²) in [6, 6.07) is 4.73. The van der Waals surface area contributed by atoms with E-state index in [1.165, 1.54) is 21.1 Å². The number of carbonyl (C=O) groups excluding carboxylic acids is 3. The van der Waals surface area contributed by atoms with Crippen molar-refractivity contribution in [3.05, 3.63) is 23.8 Å². The van der Waals surface area contributed by atoms with Crippen molar-refractivity contribution in [2.75, 3.05) is 14.2 Å². The quantitative estimate of drug-likeness (QED) is 0.617. The third-order valence-corrected chi connectivity index (χ3v) is 3.47. The van der Waals surface area contributed by atoms with Crippen molar-refractivity contribution in [2.24, 2.45) is 5.10 Å². The van der Waals surface area contributed by atoms with E-state index >= 15 is 0 Å². The fraction of sp³-hybridized carbons (Fsp3) is 0.375. The molecule has 1 aliphatic rings. The van der Waals surface area contributed by atoms with E-state index in [2.05, 4.69) is 10.5 Å². The number of methoxy groups -OCH3 is 2. The summed E-state index contributed by atoms with van der Waals surface area (Å²) in [5, 5.41) is 3.64. The van der Waals surface area contributed by atoms with E-state index in [0.29, 0.717) is 11.5 Å². The first-order chi connectivity index (χ1) is 11.5. The Bertz CT molecular complexity index is 698. The van der Waals surface area contributed by atoms with Crippen LogP contribution in [0, 0.1) is 0 Å². The van der Waals surface area contributed by atoms with Crippen LogP contribution in [0.1, 0.15) is 30.1 Å². The van der Waals surface area contributed by atoms with E-state index in [1.54, 1.807) is 18.2 Å². The van der Waals surface area contributed by atoms with Gasteiger partial charge in [-0.25, -0.2) is 10.2 Å². The lowest BCUT2D eigenvalue weighted by atomic mass is 10.1. The van der Waals surface area contributed by atoms with Crippen molar-refractivity contribution in [2.45, 2.75) is 25.9 Å². The molecule has 0 fully saturated rings. The smallest absolute Gasteiger partial charge is 0.355 e. The lowest BCUT2D eigenvalue weighted by Crippen LogP contribution is -2.34. The first-order valence-corrected chi connectivity index (χ1v) is 7.29. The van der Waals surface area contributed by atoms with E-state index in [-0.39, 0.29) is 30.0 Å². The molecule has 0 spiro atoms. The molecule has 1 aromatic rings. The average molecular weight is 334 g/mol. The number of ether oxygens (including phenoxy) is 3. The van der Waals surface area contributed by atoms with Gasteiger partial charge in [-0.1, -0.05) is 0 Å². The summed E-state index contributed by atoms with van der Waals surface area (Å²) in [5.41, 5.74) is 2.56. The van der Waals surface area contributed by atoms with E-state index in [1.807, 2.05) is 0 Å². The van der Waals surface area contributed by atoms with E-state index < -0.39 is 17.9 Å². The summed E-state index contributed by atoms with van der Waals surface area (Å²) in [4.78, 5) is 35.5. The fourth-order valence-electron chi connectivity index (χ4n) is 2.12. The molecule has 8 heteroatoms. The maximum atomic E-state index is 12.5. The second-order valence-corrected chi connectivity index (χ2v) is 5.07. The van der Waals surface area contributed by atoms with Crippen molar-refractivity contribution in [1.82, 2.24) is 5.43 Å². The van der Waals surface area contributed by atoms with Crippen LogP contribution in [0.4, 0.5) is 0 Å². The van der Waals surface area contributed by atoms with Gasteiger partial charge in [0.15, 0.2) is 6.10 Å². The van der Waals surface area contributed by atoms with Crippen LogP contribution in [0.2, 0.25) is 0 Å². The van der Waals surface area contributed by atoms with Crippen LogP contribution in [0.15, 0.2) is 23.3 Å². The summed E-state index contributed by atoms with van der Waals surface area (Å²) < 4.78 is 15.4. The van der Waals surface area contributed by atoms with Gasteiger partial charge >= 0.3 is 5.97 Å². The Morgan fingerprint density at radius 3 is 2.54 bits per heavy atom. The highest BCUT2D eigenvalue weighted by molar-refractivity contribution is 6.37. The fourth-order valence-corrected chi connectivity index (χ4v) is 2.12. The number of carbonyl (C=O) groups is 3. The lowest BCUT2D eigenvalue weighted by Gasteiger charge is -2.16. The molecule has 0 bridgehead atoms. The second kappa shape index (κ2) is 7.58. The Morgan fingerprint density at radius 1 is 1.21 bits per heavy atom. The van der Waals surface area contributed by atoms with Gasteiger partial charge in [-0.05, 0) is 19.1 Å². The Labute approximate surface area is 138 Å². The molecule has 1 aromatic carbocycles. The number of Topliss-reactive ketones (excluding diaryl/α,β-unsaturated/α-hetero) is 1. The predicted octanol–water partition coefficient (Wildman–Crippen LogP) is 1.08. The highest BCUT2D eigenvalue weighted by Crippen LogP contribution is 2.26. The van der Waals surface area contributed by atoms with Crippen molar-refractivity contribution < 1.29 is 28.6 Å². The van der Waals surface area contributed by atoms with E-state index in [4.69, 9.17) is 14.2 Å². The number of ketones is 1. The minimum atomic E-state index is -1.03. The molecule has 1 heterocycles. The second-order valence-electron chi connectivity index (χ2n) is 5.07. The molecule has 0 aliphatic carbocycles. The van der Waals surface area contributed by atoms with Crippen molar-refractivity contribution in [1.29, 1.82) is 0 Å². The molecule has 2 rings (SSSR count). The van der Waals surface area contributed by atoms with E-state index in [0.717, 1.165) is 0 Å². The van der Waals surface area contributed by atoms with Crippen molar-refractivity contribution in [3.8, 4) is 11.5 Å². The zero-order chi connectivity index (χ0) is 17.7. The SMILES string of the molecule is COc1ccc(C(=O)[C@H](C)OC(=O)C2=NNC(=O)CC2)c(OC)c1. The number of esters is 1. The van der Waals surface area contributed by atoms with Gasteiger partial charge in [0.25, 0.3) is 0 Å². The number of hydrazone groups is 1. The Morgan fingerprint density at radius 2 is 1.96 bits per heavy atom. The molecule has 0 saturated carbocycles. The lowest BCUT2D eigenvalue weighted by molar-refractivity contribution is -0.138. The predicted molar refractivity (Wildman–Crippen MR) is 84.2 cm³/mol. The number of amides is 1. The average Bonchev–Trinajstić information content (AvgIpc) is 2.60. The van der Waals surface area contributed by atoms with Crippen molar-refractivity contribution >= 4 is 23.4 Å². The molecule has 0 unspecified atom stereocenters. The van der Waals surface area contributed by atoms with Crippen LogP contribution in [0.5, 0.6) is 11.5 Å². The molecule has 1 amide bonds. The molecule has 1 atom stereocenters. The van der Waals surface area contributed by atoms with Gasteiger partial charge in [0.2, 0.25) is 11.7 Å². The first kappa shape index (κ1) is 17.5. The van der Waals surface area contributed by atoms with Gasteiger partial charge in [0.05, 0.1) is 19.8 Å². The normalized spacial score (nSPS) is 15.0. The minimum Gasteiger partial charge on any atom is -0.497 e. The van der Waals surface area contributed by atoms with Gasteiger partial charge in [-0.2, -0.15) is 5.10 Å². The van der Waals surface area contributed by atoms with Crippen molar-refractivity contribution in [3.63, 3.8) is 0 Å². The molecule has 0 saturated heterocycles. The number of rotatable bonds is 6. The third-order valence-electron chi connectivity index (χ3n) is 3.47. The monoisotopic (exact) mass is 334 g/mol. The summed E-state index contributed by atoms with van der Waals surface area (Å²) in [7, 11) is 2.94. The summed E-state index contributed by atoms with van der Waals surface area (Å²) in [5.74, 6) is -0.546. The number of benzene rings is 1. The number of nitrogens with one attached hydrogen (secondary N) is 1. The molecular weight excluding hydrogens is 316 g/mol. The minimum absolute atomic E-state index is 0.0796. The Balaban J connectivity index is 2.09. The van der Waals surface area contributed by atoms with Gasteiger partial charge < -0.3 is 14.2 Å². The largest absolute Gasteiger partial charge is 0.497 e. The highest BCUT2D eigenvalue weighted by atomic mass is 16.5. The number of nitrogens with zero attached hydrogens (tertiary/aromatic N) is 1. The number of hydrogen-bond acceptors (Lipinski definition) is 7. The van der Waals surface area contributed by atoms with Crippen LogP contribution in [-0.4, -0.2) is 43.7 Å². The van der Waals surface area contributed by atoms with Gasteiger partial charge in [-0.3, -0.25) is 9.59 Å². The molecule has 0 radical (unpaired) electrons. The molecule has 24 heavy (non-hydrogen) atoms. The summed E-state index contributed by atoms with van der Waals surface area (Å²) >= 11 is 0. The van der Waals surface area contributed by atoms with Gasteiger partial charge in [-0.15, -0.1) is 0 Å². The first-order valence-electron chi connectivity index (χ1n) is 7.29. The Kier molecular flexibility index (Phi) is 5.51. The summed E-state index contributed by atoms with van der Waals surface area (Å²) in [6.07, 6.45) is -0.694. The molecule has 128 valence electrons. The van der Waals surface area contributed by atoms with Gasteiger partial charge in [0.1, 0.15) is 17.2 Å². The number of hydrogen-bond donors (Lipinski definition) is 1. The van der Waals surface area contributed by atoms with Gasteiger partial charge in [0, 0.05) is 18.9 Å². The van der Waals surface area contributed by atoms with Crippen LogP contribution in [0.3, 0.4) is 0 Å². The Hall–Kier alpha value is -2.90. The molecular formula is C16H18N2O6. The third kappa shape index (κ3) is 3.89. The summed E-state index contributed by atoms with van der Waals surface area (Å²) in [6.45, 7) is 1.46. The maximum absolute atomic E-state index is 12.5. The maximum Gasteiger partial charge on any atom is 0.355 e. The zero-order valence-electron chi connectivity index (χ0n) is 13.6. The van der Waals surface area contributed by atoms with Crippen LogP contribution in [-0.2, 0) is 14.3 Å². The standard InChI is InChI=1S/C16H18N2O6/c1-9(24-16(21)12-6-7-14(19)18-17-12)15(20)11-5-4-10(22-2)8-13(11)23-3/h4-5,8-9H,6-7H2,1-3H3,(H,18,19)/t9-/m0/s1. The van der Waals surface area contributed by atoms with Crippen LogP contribution < -0.4 is 14.9 Å². The molecule has 1 aliphatic heterocycles. The molecule has 0 aromatic heterocycles. The highest BCUT2D eigenvalue weighted by Gasteiger charge is 2.26. The van der Waals surface area contributed by atoms with Crippen LogP contribution >= 0.6 is 0 Å². The topological polar surface area (TPSA) is 103 Å². The zero-order valence-corrected chi connectivity index (χ0v) is 13.6. The van der Waals surface area contributed by atoms with Crippen LogP contribution in [0.25, 0.3) is 0 Å². The molecule has 8 nitrogen and oxygen atoms in total.